The van der Waals surface area contributed by atoms with Crippen LogP contribution in [0.25, 0.3) is 0 Å². The summed E-state index contributed by atoms with van der Waals surface area (Å²) in [6, 6.07) is 15.0. The van der Waals surface area contributed by atoms with E-state index in [9.17, 15) is 9.59 Å². The van der Waals surface area contributed by atoms with Crippen molar-refractivity contribution in [2.24, 2.45) is 0 Å². The summed E-state index contributed by atoms with van der Waals surface area (Å²) in [6.45, 7) is 4.06. The molecule has 1 saturated heterocycles. The molecule has 2 N–H and O–H groups in total. The van der Waals surface area contributed by atoms with E-state index in [0.717, 1.165) is 17.7 Å². The molecular formula is C20H22ClN3O2. The van der Waals surface area contributed by atoms with Crippen molar-refractivity contribution < 1.29 is 9.59 Å². The number of nitrogens with zero attached hydrogens (tertiary/aromatic N) is 1. The fourth-order valence-electron chi connectivity index (χ4n) is 3.12. The van der Waals surface area contributed by atoms with E-state index < -0.39 is 0 Å². The highest BCUT2D eigenvalue weighted by Gasteiger charge is 2.28. The van der Waals surface area contributed by atoms with E-state index in [0.29, 0.717) is 30.2 Å². The highest BCUT2D eigenvalue weighted by atomic mass is 35.5. The molecule has 1 unspecified atom stereocenters. The summed E-state index contributed by atoms with van der Waals surface area (Å²) in [7, 11) is 0. The van der Waals surface area contributed by atoms with Gasteiger partial charge in [0.15, 0.2) is 0 Å². The average Bonchev–Trinajstić information content (AvgIpc) is 2.66. The van der Waals surface area contributed by atoms with Crippen LogP contribution < -0.4 is 10.6 Å². The Labute approximate surface area is 158 Å². The summed E-state index contributed by atoms with van der Waals surface area (Å²) < 4.78 is 0. The van der Waals surface area contributed by atoms with Gasteiger partial charge in [0.05, 0.1) is 6.04 Å². The zero-order valence-electron chi connectivity index (χ0n) is 14.7. The van der Waals surface area contributed by atoms with Crippen LogP contribution in [0.3, 0.4) is 0 Å². The smallest absolute Gasteiger partial charge is 0.254 e. The molecule has 136 valence electrons. The fourth-order valence-corrected chi connectivity index (χ4v) is 3.32. The molecule has 1 aliphatic heterocycles. The first-order chi connectivity index (χ1) is 12.5. The molecule has 2 aromatic rings. The van der Waals surface area contributed by atoms with Crippen LogP contribution in [0.5, 0.6) is 0 Å². The Kier molecular flexibility index (Phi) is 5.91. The summed E-state index contributed by atoms with van der Waals surface area (Å²) in [5.41, 5.74) is 2.63. The first-order valence-corrected chi connectivity index (χ1v) is 9.03. The molecule has 1 aliphatic rings. The predicted octanol–water partition coefficient (Wildman–Crippen LogP) is 2.76. The first kappa shape index (κ1) is 18.4. The third-order valence-corrected chi connectivity index (χ3v) is 4.72. The van der Waals surface area contributed by atoms with Crippen molar-refractivity contribution in [3.8, 4) is 0 Å². The van der Waals surface area contributed by atoms with Crippen molar-refractivity contribution in [2.75, 3.05) is 19.6 Å². The summed E-state index contributed by atoms with van der Waals surface area (Å²) >= 11 is 6.12. The zero-order chi connectivity index (χ0) is 18.5. The molecule has 2 amide bonds. The number of carbonyl (C=O) groups is 2. The second-order valence-electron chi connectivity index (χ2n) is 6.38. The van der Waals surface area contributed by atoms with Crippen LogP contribution in [0.15, 0.2) is 48.5 Å². The standard InChI is InChI=1S/C20H22ClN3O2/c1-14(25)23-12-15-5-7-16(8-6-15)20(26)24-10-9-22-13-19(24)17-3-2-4-18(21)11-17/h2-8,11,19,22H,9-10,12-13H2,1H3,(H,23,25). The van der Waals surface area contributed by atoms with Crippen molar-refractivity contribution in [3.63, 3.8) is 0 Å². The van der Waals surface area contributed by atoms with Gasteiger partial charge in [0, 0.05) is 43.7 Å². The SMILES string of the molecule is CC(=O)NCc1ccc(C(=O)N2CCNCC2c2cccc(Cl)c2)cc1. The number of benzene rings is 2. The predicted molar refractivity (Wildman–Crippen MR) is 102 cm³/mol. The summed E-state index contributed by atoms with van der Waals surface area (Å²) in [5, 5.41) is 6.77. The number of hydrogen-bond acceptors (Lipinski definition) is 3. The Morgan fingerprint density at radius 2 is 2.00 bits per heavy atom. The average molecular weight is 372 g/mol. The van der Waals surface area contributed by atoms with E-state index in [1.165, 1.54) is 6.92 Å². The van der Waals surface area contributed by atoms with E-state index in [1.54, 1.807) is 0 Å². The molecule has 0 saturated carbocycles. The van der Waals surface area contributed by atoms with Gasteiger partial charge < -0.3 is 15.5 Å². The number of piperazine rings is 1. The van der Waals surface area contributed by atoms with Gasteiger partial charge in [-0.2, -0.15) is 0 Å². The largest absolute Gasteiger partial charge is 0.352 e. The maximum atomic E-state index is 13.0. The summed E-state index contributed by atoms with van der Waals surface area (Å²) in [6.07, 6.45) is 0. The second-order valence-corrected chi connectivity index (χ2v) is 6.82. The number of hydrogen-bond donors (Lipinski definition) is 2. The third kappa shape index (κ3) is 4.42. The summed E-state index contributed by atoms with van der Waals surface area (Å²) in [5.74, 6) is -0.0714. The van der Waals surface area contributed by atoms with Crippen LogP contribution in [-0.2, 0) is 11.3 Å². The molecule has 1 atom stereocenters. The Morgan fingerprint density at radius 1 is 1.23 bits per heavy atom. The van der Waals surface area contributed by atoms with Crippen molar-refractivity contribution in [3.05, 3.63) is 70.2 Å². The van der Waals surface area contributed by atoms with Crippen LogP contribution in [0.4, 0.5) is 0 Å². The van der Waals surface area contributed by atoms with Gasteiger partial charge in [0.25, 0.3) is 5.91 Å². The monoisotopic (exact) mass is 371 g/mol. The van der Waals surface area contributed by atoms with E-state index in [2.05, 4.69) is 10.6 Å². The lowest BCUT2D eigenvalue weighted by atomic mass is 10.0. The Bertz CT molecular complexity index is 792. The van der Waals surface area contributed by atoms with Gasteiger partial charge in [-0.05, 0) is 35.4 Å². The molecule has 0 bridgehead atoms. The van der Waals surface area contributed by atoms with Gasteiger partial charge in [0.1, 0.15) is 0 Å². The molecule has 2 aromatic carbocycles. The van der Waals surface area contributed by atoms with Crippen LogP contribution in [0.1, 0.15) is 34.5 Å². The van der Waals surface area contributed by atoms with Gasteiger partial charge >= 0.3 is 0 Å². The number of nitrogens with one attached hydrogen (secondary N) is 2. The maximum absolute atomic E-state index is 13.0. The fraction of sp³-hybridized carbons (Fsp3) is 0.300. The molecule has 3 rings (SSSR count). The minimum absolute atomic E-state index is 0.00236. The van der Waals surface area contributed by atoms with E-state index in [-0.39, 0.29) is 17.9 Å². The molecule has 26 heavy (non-hydrogen) atoms. The van der Waals surface area contributed by atoms with Crippen molar-refractivity contribution >= 4 is 23.4 Å². The van der Waals surface area contributed by atoms with Crippen molar-refractivity contribution in [2.45, 2.75) is 19.5 Å². The summed E-state index contributed by atoms with van der Waals surface area (Å²) in [4.78, 5) is 25.9. The van der Waals surface area contributed by atoms with E-state index >= 15 is 0 Å². The Hall–Kier alpha value is -2.37. The minimum atomic E-state index is -0.0738. The number of halogens is 1. The quantitative estimate of drug-likeness (QED) is 0.868. The van der Waals surface area contributed by atoms with Gasteiger partial charge in [-0.1, -0.05) is 35.9 Å². The number of rotatable bonds is 4. The minimum Gasteiger partial charge on any atom is -0.352 e. The zero-order valence-corrected chi connectivity index (χ0v) is 15.4. The molecule has 5 nitrogen and oxygen atoms in total. The molecule has 0 aliphatic carbocycles. The van der Waals surface area contributed by atoms with Gasteiger partial charge in [-0.25, -0.2) is 0 Å². The van der Waals surface area contributed by atoms with Crippen LogP contribution in [-0.4, -0.2) is 36.3 Å². The lowest BCUT2D eigenvalue weighted by Crippen LogP contribution is -2.48. The molecular weight excluding hydrogens is 350 g/mol. The number of amides is 2. The highest BCUT2D eigenvalue weighted by Crippen LogP contribution is 2.26. The highest BCUT2D eigenvalue weighted by molar-refractivity contribution is 6.30. The van der Waals surface area contributed by atoms with Gasteiger partial charge in [-0.15, -0.1) is 0 Å². The lowest BCUT2D eigenvalue weighted by Gasteiger charge is -2.36. The van der Waals surface area contributed by atoms with E-state index in [4.69, 9.17) is 11.6 Å². The lowest BCUT2D eigenvalue weighted by molar-refractivity contribution is -0.119. The molecule has 0 spiro atoms. The van der Waals surface area contributed by atoms with E-state index in [1.807, 2.05) is 53.4 Å². The maximum Gasteiger partial charge on any atom is 0.254 e. The molecule has 0 aromatic heterocycles. The van der Waals surface area contributed by atoms with Crippen LogP contribution >= 0.6 is 11.6 Å². The Balaban J connectivity index is 1.77. The topological polar surface area (TPSA) is 61.4 Å². The number of carbonyl (C=O) groups excluding carboxylic acids is 2. The van der Waals surface area contributed by atoms with Gasteiger partial charge in [-0.3, -0.25) is 9.59 Å². The van der Waals surface area contributed by atoms with Crippen LogP contribution in [0, 0.1) is 0 Å². The molecule has 1 heterocycles. The molecule has 6 heteroatoms. The molecule has 1 fully saturated rings. The first-order valence-electron chi connectivity index (χ1n) is 8.65. The van der Waals surface area contributed by atoms with Crippen molar-refractivity contribution in [1.82, 2.24) is 15.5 Å². The third-order valence-electron chi connectivity index (χ3n) is 4.48. The van der Waals surface area contributed by atoms with Gasteiger partial charge in [0.2, 0.25) is 5.91 Å². The normalized spacial score (nSPS) is 17.0. The second kappa shape index (κ2) is 8.34. The van der Waals surface area contributed by atoms with Crippen molar-refractivity contribution in [1.29, 1.82) is 0 Å². The van der Waals surface area contributed by atoms with Crippen LogP contribution in [0.2, 0.25) is 5.02 Å². The molecule has 0 radical (unpaired) electrons. The Morgan fingerprint density at radius 3 is 2.69 bits per heavy atom.